The molecule has 0 aromatic carbocycles. The largest absolute Gasteiger partial charge is 0.327 e. The first-order valence-corrected chi connectivity index (χ1v) is 6.17. The van der Waals surface area contributed by atoms with Crippen LogP contribution in [-0.4, -0.2) is 15.8 Å². The third kappa shape index (κ3) is 2.15. The van der Waals surface area contributed by atoms with Crippen LogP contribution in [0.2, 0.25) is 5.02 Å². The van der Waals surface area contributed by atoms with Crippen LogP contribution in [0, 0.1) is 6.92 Å². The third-order valence-electron chi connectivity index (χ3n) is 3.09. The molecular formula is C12H18ClN3. The Hall–Kier alpha value is -0.800. The van der Waals surface area contributed by atoms with Crippen LogP contribution in [0.15, 0.2) is 5.57 Å². The summed E-state index contributed by atoms with van der Waals surface area (Å²) in [6.45, 7) is 4.86. The minimum atomic E-state index is 0.323. The van der Waals surface area contributed by atoms with E-state index in [9.17, 15) is 0 Å². The van der Waals surface area contributed by atoms with E-state index in [4.69, 9.17) is 17.3 Å². The van der Waals surface area contributed by atoms with Crippen LogP contribution in [0.1, 0.15) is 37.6 Å². The van der Waals surface area contributed by atoms with Gasteiger partial charge in [0.25, 0.3) is 0 Å². The molecule has 2 rings (SSSR count). The molecular weight excluding hydrogens is 222 g/mol. The van der Waals surface area contributed by atoms with Gasteiger partial charge in [0, 0.05) is 12.6 Å². The number of hydrogen-bond acceptors (Lipinski definition) is 2. The maximum Gasteiger partial charge on any atom is 0.0888 e. The molecule has 0 saturated heterocycles. The van der Waals surface area contributed by atoms with E-state index in [1.54, 1.807) is 0 Å². The molecule has 3 nitrogen and oxygen atoms in total. The van der Waals surface area contributed by atoms with E-state index in [1.165, 1.54) is 5.57 Å². The summed E-state index contributed by atoms with van der Waals surface area (Å²) >= 11 is 6.25. The van der Waals surface area contributed by atoms with Crippen molar-refractivity contribution in [2.45, 2.75) is 45.7 Å². The molecule has 1 fully saturated rings. The van der Waals surface area contributed by atoms with Gasteiger partial charge in [-0.3, -0.25) is 4.68 Å². The average Bonchev–Trinajstić information content (AvgIpc) is 2.77. The number of aryl methyl sites for hydroxylation is 2. The highest BCUT2D eigenvalue weighted by Gasteiger charge is 2.17. The van der Waals surface area contributed by atoms with Gasteiger partial charge in [0.15, 0.2) is 0 Å². The van der Waals surface area contributed by atoms with Crippen LogP contribution in [-0.2, 0) is 6.54 Å². The summed E-state index contributed by atoms with van der Waals surface area (Å²) in [6, 6.07) is 0.323. The molecule has 1 heterocycles. The molecule has 1 aliphatic carbocycles. The Morgan fingerprint density at radius 1 is 1.62 bits per heavy atom. The highest BCUT2D eigenvalue weighted by Crippen LogP contribution is 2.29. The number of nitrogens with two attached hydrogens (primary N) is 1. The normalized spacial score (nSPS) is 23.2. The van der Waals surface area contributed by atoms with E-state index >= 15 is 0 Å². The van der Waals surface area contributed by atoms with Gasteiger partial charge in [-0.05, 0) is 39.2 Å². The summed E-state index contributed by atoms with van der Waals surface area (Å²) in [5, 5.41) is 5.17. The zero-order chi connectivity index (χ0) is 11.7. The molecule has 0 aliphatic heterocycles. The molecule has 1 atom stereocenters. The van der Waals surface area contributed by atoms with Crippen molar-refractivity contribution in [1.82, 2.24) is 9.78 Å². The smallest absolute Gasteiger partial charge is 0.0888 e. The molecule has 16 heavy (non-hydrogen) atoms. The van der Waals surface area contributed by atoms with Crippen molar-refractivity contribution in [2.24, 2.45) is 5.73 Å². The Morgan fingerprint density at radius 3 is 2.94 bits per heavy atom. The van der Waals surface area contributed by atoms with Crippen molar-refractivity contribution in [3.8, 4) is 0 Å². The highest BCUT2D eigenvalue weighted by molar-refractivity contribution is 6.32. The maximum absolute atomic E-state index is 6.25. The maximum atomic E-state index is 6.25. The standard InChI is InChI=1S/C12H18ClN3/c1-3-16-11(12(13)8(2)15-16)7-9-4-5-10(14)6-9/h7,10H,3-6,14H2,1-2H3. The lowest BCUT2D eigenvalue weighted by Gasteiger charge is -2.02. The molecule has 2 N–H and O–H groups in total. The molecule has 1 saturated carbocycles. The van der Waals surface area contributed by atoms with Crippen molar-refractivity contribution in [3.63, 3.8) is 0 Å². The van der Waals surface area contributed by atoms with Crippen LogP contribution in [0.25, 0.3) is 6.08 Å². The average molecular weight is 240 g/mol. The fraction of sp³-hybridized carbons (Fsp3) is 0.583. The Labute approximate surface area is 101 Å². The van der Waals surface area contributed by atoms with Gasteiger partial charge in [0.1, 0.15) is 0 Å². The first kappa shape index (κ1) is 11.7. The Morgan fingerprint density at radius 2 is 2.38 bits per heavy atom. The summed E-state index contributed by atoms with van der Waals surface area (Å²) in [5.74, 6) is 0. The van der Waals surface area contributed by atoms with E-state index in [0.717, 1.165) is 42.2 Å². The van der Waals surface area contributed by atoms with Crippen molar-refractivity contribution in [2.75, 3.05) is 0 Å². The van der Waals surface area contributed by atoms with E-state index in [2.05, 4.69) is 18.1 Å². The molecule has 0 spiro atoms. The van der Waals surface area contributed by atoms with Gasteiger partial charge in [-0.1, -0.05) is 17.2 Å². The van der Waals surface area contributed by atoms with Gasteiger partial charge in [0.05, 0.1) is 16.4 Å². The summed E-state index contributed by atoms with van der Waals surface area (Å²) in [6.07, 6.45) is 5.33. The SMILES string of the molecule is CCn1nc(C)c(Cl)c1C=C1CCC(N)C1. The second-order valence-electron chi connectivity index (χ2n) is 4.41. The number of nitrogens with zero attached hydrogens (tertiary/aromatic N) is 2. The predicted molar refractivity (Wildman–Crippen MR) is 67.5 cm³/mol. The first-order chi connectivity index (χ1) is 7.61. The zero-order valence-electron chi connectivity index (χ0n) is 9.83. The molecule has 88 valence electrons. The molecule has 0 bridgehead atoms. The first-order valence-electron chi connectivity index (χ1n) is 5.79. The van der Waals surface area contributed by atoms with Gasteiger partial charge in [-0.15, -0.1) is 0 Å². The lowest BCUT2D eigenvalue weighted by Crippen LogP contribution is -2.13. The lowest BCUT2D eigenvalue weighted by molar-refractivity contribution is 0.647. The Balaban J connectivity index is 2.33. The van der Waals surface area contributed by atoms with Crippen LogP contribution >= 0.6 is 11.6 Å². The van der Waals surface area contributed by atoms with Crippen molar-refractivity contribution < 1.29 is 0 Å². The summed E-state index contributed by atoms with van der Waals surface area (Å²) in [5.41, 5.74) is 9.22. The predicted octanol–water partition coefficient (Wildman–Crippen LogP) is 2.76. The third-order valence-corrected chi connectivity index (χ3v) is 3.56. The summed E-state index contributed by atoms with van der Waals surface area (Å²) in [7, 11) is 0. The van der Waals surface area contributed by atoms with Crippen LogP contribution in [0.4, 0.5) is 0 Å². The summed E-state index contributed by atoms with van der Waals surface area (Å²) in [4.78, 5) is 0. The number of halogens is 1. The monoisotopic (exact) mass is 239 g/mol. The fourth-order valence-corrected chi connectivity index (χ4v) is 2.38. The zero-order valence-corrected chi connectivity index (χ0v) is 10.6. The molecule has 4 heteroatoms. The summed E-state index contributed by atoms with van der Waals surface area (Å²) < 4.78 is 1.95. The molecule has 1 unspecified atom stereocenters. The minimum absolute atomic E-state index is 0.323. The van der Waals surface area contributed by atoms with E-state index in [-0.39, 0.29) is 0 Å². The van der Waals surface area contributed by atoms with Crippen molar-refractivity contribution in [1.29, 1.82) is 0 Å². The minimum Gasteiger partial charge on any atom is -0.327 e. The van der Waals surface area contributed by atoms with Crippen LogP contribution < -0.4 is 5.73 Å². The van der Waals surface area contributed by atoms with Gasteiger partial charge >= 0.3 is 0 Å². The van der Waals surface area contributed by atoms with E-state index < -0.39 is 0 Å². The van der Waals surface area contributed by atoms with Gasteiger partial charge in [-0.25, -0.2) is 0 Å². The number of hydrogen-bond donors (Lipinski definition) is 1. The molecule has 0 radical (unpaired) electrons. The number of rotatable bonds is 2. The second kappa shape index (κ2) is 4.60. The van der Waals surface area contributed by atoms with Crippen LogP contribution in [0.3, 0.4) is 0 Å². The Kier molecular flexibility index (Phi) is 3.36. The van der Waals surface area contributed by atoms with Crippen molar-refractivity contribution in [3.05, 3.63) is 22.0 Å². The molecule has 1 aliphatic rings. The van der Waals surface area contributed by atoms with Gasteiger partial charge in [-0.2, -0.15) is 5.10 Å². The van der Waals surface area contributed by atoms with E-state index in [1.807, 2.05) is 11.6 Å². The topological polar surface area (TPSA) is 43.8 Å². The molecule has 1 aromatic rings. The molecule has 0 amide bonds. The number of aromatic nitrogens is 2. The fourth-order valence-electron chi connectivity index (χ4n) is 2.19. The highest BCUT2D eigenvalue weighted by atomic mass is 35.5. The second-order valence-corrected chi connectivity index (χ2v) is 4.78. The van der Waals surface area contributed by atoms with E-state index in [0.29, 0.717) is 6.04 Å². The van der Waals surface area contributed by atoms with Crippen LogP contribution in [0.5, 0.6) is 0 Å². The quantitative estimate of drug-likeness (QED) is 0.863. The van der Waals surface area contributed by atoms with Gasteiger partial charge in [0.2, 0.25) is 0 Å². The molecule has 1 aromatic heterocycles. The van der Waals surface area contributed by atoms with Gasteiger partial charge < -0.3 is 5.73 Å². The Bertz CT molecular complexity index is 420. The van der Waals surface area contributed by atoms with Crippen molar-refractivity contribution >= 4 is 17.7 Å². The lowest BCUT2D eigenvalue weighted by atomic mass is 10.2.